The van der Waals surface area contributed by atoms with Crippen molar-refractivity contribution in [2.24, 2.45) is 5.92 Å². The summed E-state index contributed by atoms with van der Waals surface area (Å²) in [5, 5.41) is 0. The first-order chi connectivity index (χ1) is 9.24. The lowest BCUT2D eigenvalue weighted by atomic mass is 10.0. The Kier molecular flexibility index (Phi) is 5.02. The number of carbonyl (C=O) groups excluding carboxylic acids is 1. The van der Waals surface area contributed by atoms with Crippen LogP contribution < -0.4 is 0 Å². The number of piperazine rings is 1. The number of furan rings is 1. The topological polar surface area (TPSA) is 36.7 Å². The maximum atomic E-state index is 12.3. The Hall–Kier alpha value is -1.29. The molecule has 0 N–H and O–H groups in total. The minimum atomic E-state index is 0.205. The van der Waals surface area contributed by atoms with E-state index in [1.54, 1.807) is 6.26 Å². The molecule has 0 unspecified atom stereocenters. The third-order valence-electron chi connectivity index (χ3n) is 3.98. The van der Waals surface area contributed by atoms with Gasteiger partial charge in [0.25, 0.3) is 0 Å². The highest BCUT2D eigenvalue weighted by atomic mass is 16.3. The van der Waals surface area contributed by atoms with Crippen molar-refractivity contribution >= 4 is 5.91 Å². The normalized spacial score (nSPS) is 17.1. The van der Waals surface area contributed by atoms with E-state index in [1.165, 1.54) is 0 Å². The van der Waals surface area contributed by atoms with Gasteiger partial charge in [0, 0.05) is 32.1 Å². The molecule has 1 aliphatic rings. The number of amides is 1. The van der Waals surface area contributed by atoms with Crippen LogP contribution in [0.2, 0.25) is 0 Å². The molecule has 4 nitrogen and oxygen atoms in total. The second kappa shape index (κ2) is 6.75. The van der Waals surface area contributed by atoms with Crippen LogP contribution in [0, 0.1) is 5.92 Å². The Morgan fingerprint density at radius 1 is 1.26 bits per heavy atom. The molecule has 4 heteroatoms. The molecule has 0 atom stereocenters. The summed E-state index contributed by atoms with van der Waals surface area (Å²) in [5.74, 6) is 1.54. The number of hydrogen-bond donors (Lipinski definition) is 0. The Morgan fingerprint density at radius 2 is 1.95 bits per heavy atom. The Balaban J connectivity index is 1.80. The quantitative estimate of drug-likeness (QED) is 0.819. The summed E-state index contributed by atoms with van der Waals surface area (Å²) in [6, 6.07) is 3.92. The fraction of sp³-hybridized carbons (Fsp3) is 0.667. The second-order valence-corrected chi connectivity index (χ2v) is 5.19. The maximum absolute atomic E-state index is 12.3. The molecular weight excluding hydrogens is 240 g/mol. The van der Waals surface area contributed by atoms with Crippen LogP contribution in [0.25, 0.3) is 0 Å². The minimum absolute atomic E-state index is 0.205. The SMILES string of the molecule is CCC(CC)C(=O)N1CCN(Cc2ccco2)CC1. The van der Waals surface area contributed by atoms with Crippen molar-refractivity contribution in [2.75, 3.05) is 26.2 Å². The van der Waals surface area contributed by atoms with Gasteiger partial charge in [0.05, 0.1) is 12.8 Å². The first-order valence-corrected chi connectivity index (χ1v) is 7.28. The third-order valence-corrected chi connectivity index (χ3v) is 3.98. The standard InChI is InChI=1S/C15H24N2O2/c1-3-13(4-2)15(18)17-9-7-16(8-10-17)12-14-6-5-11-19-14/h5-6,11,13H,3-4,7-10,12H2,1-2H3. The predicted octanol–water partition coefficient (Wildman–Crippen LogP) is 2.36. The van der Waals surface area contributed by atoms with Crippen LogP contribution in [0.3, 0.4) is 0 Å². The Morgan fingerprint density at radius 3 is 2.47 bits per heavy atom. The average Bonchev–Trinajstić information content (AvgIpc) is 2.94. The summed E-state index contributed by atoms with van der Waals surface area (Å²) in [4.78, 5) is 16.6. The lowest BCUT2D eigenvalue weighted by Gasteiger charge is -2.35. The molecule has 0 saturated carbocycles. The van der Waals surface area contributed by atoms with E-state index in [1.807, 2.05) is 17.0 Å². The zero-order chi connectivity index (χ0) is 13.7. The molecule has 0 aliphatic carbocycles. The molecule has 106 valence electrons. The van der Waals surface area contributed by atoms with Gasteiger partial charge in [-0.15, -0.1) is 0 Å². The van der Waals surface area contributed by atoms with Gasteiger partial charge in [0.2, 0.25) is 5.91 Å². The molecule has 2 heterocycles. The van der Waals surface area contributed by atoms with E-state index in [9.17, 15) is 4.79 Å². The monoisotopic (exact) mass is 264 g/mol. The maximum Gasteiger partial charge on any atom is 0.225 e. The number of rotatable bonds is 5. The molecule has 0 bridgehead atoms. The Bertz CT molecular complexity index is 377. The van der Waals surface area contributed by atoms with Crippen LogP contribution in [0.4, 0.5) is 0 Å². The fourth-order valence-corrected chi connectivity index (χ4v) is 2.65. The van der Waals surface area contributed by atoms with Crippen molar-refractivity contribution < 1.29 is 9.21 Å². The molecule has 0 spiro atoms. The molecule has 1 aromatic rings. The van der Waals surface area contributed by atoms with Crippen LogP contribution in [-0.4, -0.2) is 41.9 Å². The van der Waals surface area contributed by atoms with Crippen molar-refractivity contribution in [3.8, 4) is 0 Å². The first-order valence-electron chi connectivity index (χ1n) is 7.28. The summed E-state index contributed by atoms with van der Waals surface area (Å²) in [7, 11) is 0. The summed E-state index contributed by atoms with van der Waals surface area (Å²) in [5.41, 5.74) is 0. The minimum Gasteiger partial charge on any atom is -0.468 e. The highest BCUT2D eigenvalue weighted by molar-refractivity contribution is 5.78. The third kappa shape index (κ3) is 3.60. The smallest absolute Gasteiger partial charge is 0.225 e. The van der Waals surface area contributed by atoms with Gasteiger partial charge in [0.15, 0.2) is 0 Å². The van der Waals surface area contributed by atoms with E-state index < -0.39 is 0 Å². The lowest BCUT2D eigenvalue weighted by Crippen LogP contribution is -2.49. The van der Waals surface area contributed by atoms with Gasteiger partial charge in [-0.2, -0.15) is 0 Å². The molecule has 1 fully saturated rings. The number of hydrogen-bond acceptors (Lipinski definition) is 3. The van der Waals surface area contributed by atoms with Crippen LogP contribution >= 0.6 is 0 Å². The number of carbonyl (C=O) groups is 1. The van der Waals surface area contributed by atoms with E-state index in [-0.39, 0.29) is 5.92 Å². The van der Waals surface area contributed by atoms with Crippen LogP contribution in [-0.2, 0) is 11.3 Å². The van der Waals surface area contributed by atoms with Crippen LogP contribution in [0.1, 0.15) is 32.4 Å². The van der Waals surface area contributed by atoms with Crippen molar-refractivity contribution in [1.29, 1.82) is 0 Å². The first kappa shape index (κ1) is 14.1. The van der Waals surface area contributed by atoms with Crippen LogP contribution in [0.15, 0.2) is 22.8 Å². The van der Waals surface area contributed by atoms with Gasteiger partial charge in [-0.05, 0) is 25.0 Å². The molecule has 0 radical (unpaired) electrons. The zero-order valence-corrected chi connectivity index (χ0v) is 12.0. The molecule has 0 aromatic carbocycles. The van der Waals surface area contributed by atoms with Gasteiger partial charge >= 0.3 is 0 Å². The van der Waals surface area contributed by atoms with Crippen molar-refractivity contribution in [2.45, 2.75) is 33.2 Å². The van der Waals surface area contributed by atoms with E-state index in [0.717, 1.165) is 51.3 Å². The van der Waals surface area contributed by atoms with Gasteiger partial charge in [0.1, 0.15) is 5.76 Å². The average molecular weight is 264 g/mol. The molecular formula is C15H24N2O2. The molecule has 1 aromatic heterocycles. The van der Waals surface area contributed by atoms with Crippen LogP contribution in [0.5, 0.6) is 0 Å². The molecule has 19 heavy (non-hydrogen) atoms. The molecule has 1 aliphatic heterocycles. The van der Waals surface area contributed by atoms with Gasteiger partial charge in [-0.1, -0.05) is 13.8 Å². The summed E-state index contributed by atoms with van der Waals surface area (Å²) < 4.78 is 5.36. The summed E-state index contributed by atoms with van der Waals surface area (Å²) in [6.45, 7) is 8.60. The van der Waals surface area contributed by atoms with Crippen molar-refractivity contribution in [3.63, 3.8) is 0 Å². The number of nitrogens with zero attached hydrogens (tertiary/aromatic N) is 2. The Labute approximate surface area is 115 Å². The fourth-order valence-electron chi connectivity index (χ4n) is 2.65. The van der Waals surface area contributed by atoms with E-state index >= 15 is 0 Å². The van der Waals surface area contributed by atoms with Gasteiger partial charge in [-0.25, -0.2) is 0 Å². The lowest BCUT2D eigenvalue weighted by molar-refractivity contribution is -0.137. The second-order valence-electron chi connectivity index (χ2n) is 5.19. The van der Waals surface area contributed by atoms with E-state index in [0.29, 0.717) is 5.91 Å². The van der Waals surface area contributed by atoms with Crippen molar-refractivity contribution in [3.05, 3.63) is 24.2 Å². The molecule has 2 rings (SSSR count). The van der Waals surface area contributed by atoms with Gasteiger partial charge in [-0.3, -0.25) is 9.69 Å². The summed E-state index contributed by atoms with van der Waals surface area (Å²) >= 11 is 0. The van der Waals surface area contributed by atoms with E-state index in [2.05, 4.69) is 18.7 Å². The largest absolute Gasteiger partial charge is 0.468 e. The molecule has 1 saturated heterocycles. The highest BCUT2D eigenvalue weighted by Crippen LogP contribution is 2.15. The predicted molar refractivity (Wildman–Crippen MR) is 74.6 cm³/mol. The highest BCUT2D eigenvalue weighted by Gasteiger charge is 2.25. The zero-order valence-electron chi connectivity index (χ0n) is 12.0. The molecule has 1 amide bonds. The van der Waals surface area contributed by atoms with Gasteiger partial charge < -0.3 is 9.32 Å². The summed E-state index contributed by atoms with van der Waals surface area (Å²) in [6.07, 6.45) is 3.60. The van der Waals surface area contributed by atoms with Crippen molar-refractivity contribution in [1.82, 2.24) is 9.80 Å². The van der Waals surface area contributed by atoms with E-state index in [4.69, 9.17) is 4.42 Å².